The topological polar surface area (TPSA) is 0 Å². The van der Waals surface area contributed by atoms with Crippen LogP contribution in [0.15, 0.2) is 17.6 Å². The Morgan fingerprint density at radius 2 is 0.869 bits per heavy atom. The maximum atomic E-state index is 6.75. The molecule has 0 amide bonds. The molecule has 7 aromatic carbocycles. The first-order valence-electron chi connectivity index (χ1n) is 38.3. The van der Waals surface area contributed by atoms with Crippen LogP contribution in [0.5, 0.6) is 0 Å². The van der Waals surface area contributed by atoms with Gasteiger partial charge in [0.2, 0.25) is 0 Å². The fourth-order valence-corrected chi connectivity index (χ4v) is 19.0. The van der Waals surface area contributed by atoms with Crippen molar-refractivity contribution in [1.29, 1.82) is 0 Å². The van der Waals surface area contributed by atoms with Crippen molar-refractivity contribution in [3.8, 4) is 202 Å². The Morgan fingerprint density at radius 3 is 1.32 bits per heavy atom. The summed E-state index contributed by atoms with van der Waals surface area (Å²) in [6.45, 7) is 28.5. The van der Waals surface area contributed by atoms with Gasteiger partial charge >= 0.3 is 0 Å². The van der Waals surface area contributed by atoms with Crippen molar-refractivity contribution in [2.75, 3.05) is 0 Å². The molecule has 0 saturated carbocycles. The molecule has 0 aliphatic heterocycles. The van der Waals surface area contributed by atoms with Crippen LogP contribution in [0, 0.1) is 242 Å². The molecule has 1 aliphatic rings. The zero-order valence-corrected chi connectivity index (χ0v) is 68.9. The average Bonchev–Trinajstić information content (AvgIpc) is 0.689. The minimum atomic E-state index is 0.193. The van der Waals surface area contributed by atoms with Crippen molar-refractivity contribution >= 4 is 260 Å². The van der Waals surface area contributed by atoms with Crippen molar-refractivity contribution in [2.45, 2.75) is 94.8 Å². The lowest BCUT2D eigenvalue weighted by molar-refractivity contribution is 0.757. The van der Waals surface area contributed by atoms with Gasteiger partial charge in [0.15, 0.2) is 0 Å². The molecule has 1 aliphatic carbocycles. The molecule has 0 nitrogen and oxygen atoms in total. The van der Waals surface area contributed by atoms with Crippen molar-refractivity contribution in [3.05, 3.63) is 112 Å². The van der Waals surface area contributed by atoms with Crippen LogP contribution in [0.2, 0.25) is 5.82 Å². The Labute approximate surface area is 664 Å². The Balaban J connectivity index is 1.86. The molecule has 27 heteroatoms. The van der Waals surface area contributed by atoms with E-state index >= 15 is 0 Å². The summed E-state index contributed by atoms with van der Waals surface area (Å²) in [5.74, 6) is 78.4. The molecule has 8 rings (SSSR count). The fourth-order valence-electron chi connectivity index (χ4n) is 19.0. The summed E-state index contributed by atoms with van der Waals surface area (Å²) in [6.07, 6.45) is 26.1. The predicted molar refractivity (Wildman–Crippen MR) is 536 cm³/mol. The van der Waals surface area contributed by atoms with Crippen molar-refractivity contribution in [1.82, 2.24) is 0 Å². The molecule has 0 fully saturated rings. The SMILES string of the molecule is BBB(B)B(B(B)B)C1=C(B(B(B)B)B(B)B)C(B(BB)B(B)B)C(C)c2c1c(B)c(BB)c(B(B)B)c2-c1c(C)c(C)c(C)c2c(C)c3c(-c4c(C#CC#CC#CC#CC#C)c5c(C)c(C#C)c(C#CC)c(C#CC#C)c5c5c(C#CC#CC)ccc(C#CC#CC#CC#C)c45)c(C)c(C)c(C)c3c(C)c12. The lowest BCUT2D eigenvalue weighted by Gasteiger charge is -2.50. The van der Waals surface area contributed by atoms with E-state index in [1.807, 2.05) is 19.1 Å². The van der Waals surface area contributed by atoms with Crippen LogP contribution in [0.4, 0.5) is 0 Å². The third-order valence-corrected chi connectivity index (χ3v) is 23.6. The molecule has 478 valence electrons. The maximum absolute atomic E-state index is 6.75. The first-order chi connectivity index (χ1) is 51.1. The molecule has 0 aromatic heterocycles. The number of benzene rings is 7. The van der Waals surface area contributed by atoms with Gasteiger partial charge in [-0.3, -0.25) is 0 Å². The van der Waals surface area contributed by atoms with Crippen LogP contribution < -0.4 is 16.4 Å². The van der Waals surface area contributed by atoms with Gasteiger partial charge in [-0.1, -0.05) is 65.1 Å². The third kappa shape index (κ3) is 15.3. The number of hydrogen-bond donors (Lipinski definition) is 0. The lowest BCUT2D eigenvalue weighted by Crippen LogP contribution is -2.63. The zero-order valence-electron chi connectivity index (χ0n) is 68.9. The normalized spacial score (nSPS) is 11.6. The van der Waals surface area contributed by atoms with E-state index in [2.05, 4.69) is 332 Å². The highest BCUT2D eigenvalue weighted by Crippen LogP contribution is 2.56. The number of terminal acetylenes is 4. The summed E-state index contributed by atoms with van der Waals surface area (Å²) >= 11 is 0. The highest BCUT2D eigenvalue weighted by molar-refractivity contribution is 7.89. The fraction of sp³-hybridized carbons (Fsp3) is 0.175. The molecule has 7 aromatic rings. The van der Waals surface area contributed by atoms with Gasteiger partial charge < -0.3 is 0 Å². The van der Waals surface area contributed by atoms with Crippen molar-refractivity contribution in [2.24, 2.45) is 0 Å². The van der Waals surface area contributed by atoms with E-state index in [4.69, 9.17) is 25.7 Å². The van der Waals surface area contributed by atoms with Gasteiger partial charge in [0.25, 0.3) is 0 Å². The standard InChI is InChI=1S/C80H77B27/c1-17-23-27-29-31-32-34-37-42-60-63-51(13)57(22-6)58(38-21-5)59(41-26-20-4)71(63)69-55(39-35-25-19-3)43-44-56(40-36-33-30-28-24-18-2)70(69)72(60)64-49(11)45(7)47(9)61-53(15)67-62(52(14)66(61)64)48(10)46(8)50(12)65(67)73-68-54(16)77(100(97-83)103(87)88)80(101(104(89)90)105(91)92)79(102(106(93)94)107(95)98-84)74(68)75(81)76(96-82)78(73)99(85)86/h1-2,4,6,43-44,54,77,96-98H,81-95H2,3,5,7-16H3. The van der Waals surface area contributed by atoms with E-state index in [-0.39, 0.29) is 12.4 Å². The summed E-state index contributed by atoms with van der Waals surface area (Å²) in [6, 6.07) is 4.01. The van der Waals surface area contributed by atoms with Gasteiger partial charge in [-0.2, -0.15) is 0 Å². The number of fused-ring (bicyclic) bond motifs is 6. The number of hydrogen-bond acceptors (Lipinski definition) is 0. The van der Waals surface area contributed by atoms with Crippen molar-refractivity contribution in [3.63, 3.8) is 0 Å². The summed E-state index contributed by atoms with van der Waals surface area (Å²) < 4.78 is 0. The van der Waals surface area contributed by atoms with E-state index in [0.29, 0.717) is 96.0 Å². The second kappa shape index (κ2) is 35.9. The lowest BCUT2D eigenvalue weighted by atomic mass is 8.66. The second-order valence-corrected chi connectivity index (χ2v) is 30.8. The first kappa shape index (κ1) is 83.1. The zero-order chi connectivity index (χ0) is 78.9. The van der Waals surface area contributed by atoms with Gasteiger partial charge in [0.05, 0.1) is 139 Å². The van der Waals surface area contributed by atoms with E-state index in [1.165, 1.54) is 71.5 Å². The highest BCUT2D eigenvalue weighted by Gasteiger charge is 2.49. The first-order valence-corrected chi connectivity index (χ1v) is 38.3. The van der Waals surface area contributed by atoms with Crippen LogP contribution >= 0.6 is 0 Å². The van der Waals surface area contributed by atoms with Gasteiger partial charge in [-0.05, 0) is 300 Å². The minimum Gasteiger partial charge on any atom is -0.131 e. The molecule has 2 atom stereocenters. The van der Waals surface area contributed by atoms with Crippen molar-refractivity contribution < 1.29 is 0 Å². The predicted octanol–water partition coefficient (Wildman–Crippen LogP) is -7.26. The van der Waals surface area contributed by atoms with Crippen LogP contribution in [0.1, 0.15) is 121 Å². The largest absolute Gasteiger partial charge is 0.139 e. The van der Waals surface area contributed by atoms with E-state index in [9.17, 15) is 0 Å². The quantitative estimate of drug-likeness (QED) is 0.0441. The summed E-state index contributed by atoms with van der Waals surface area (Å²) in [5, 5.41) is 7.75. The Bertz CT molecular complexity index is 6000. The summed E-state index contributed by atoms with van der Waals surface area (Å²) in [5.41, 5.74) is 29.6. The van der Waals surface area contributed by atoms with Crippen LogP contribution in [-0.4, -0.2) is 195 Å². The summed E-state index contributed by atoms with van der Waals surface area (Å²) in [7, 11) is 40.5. The molecule has 0 N–H and O–H groups in total. The molecule has 2 unspecified atom stereocenters. The van der Waals surface area contributed by atoms with E-state index < -0.39 is 0 Å². The van der Waals surface area contributed by atoms with Gasteiger partial charge in [-0.25, -0.2) is 0 Å². The molecular formula is C80H77B27. The van der Waals surface area contributed by atoms with E-state index in [0.717, 1.165) is 76.2 Å². The Hall–Kier alpha value is -9.53. The Morgan fingerprint density at radius 1 is 0.393 bits per heavy atom. The highest BCUT2D eigenvalue weighted by atomic mass is 14.4. The van der Waals surface area contributed by atoms with Crippen LogP contribution in [0.3, 0.4) is 0 Å². The third-order valence-electron chi connectivity index (χ3n) is 23.6. The average molecular weight is 1330 g/mol. The molecule has 0 radical (unpaired) electrons. The van der Waals surface area contributed by atoms with Gasteiger partial charge in [-0.15, -0.1) is 48.0 Å². The molecular weight excluding hydrogens is 1250 g/mol. The molecule has 107 heavy (non-hydrogen) atoms. The molecule has 0 bridgehead atoms. The minimum absolute atomic E-state index is 0.193. The number of allylic oxidation sites excluding steroid dienone is 1. The molecule has 0 saturated heterocycles. The van der Waals surface area contributed by atoms with Crippen LogP contribution in [0.25, 0.3) is 70.8 Å². The maximum Gasteiger partial charge on any atom is 0.139 e. The molecule has 0 heterocycles. The number of aryl methyl sites for hydroxylation is 5. The second-order valence-electron chi connectivity index (χ2n) is 30.8. The smallest absolute Gasteiger partial charge is 0.131 e. The Kier molecular flexibility index (Phi) is 27.9. The monoisotopic (exact) mass is 1330 g/mol. The number of rotatable bonds is 14. The molecule has 0 spiro atoms. The van der Waals surface area contributed by atoms with Gasteiger partial charge in [0, 0.05) is 95.4 Å². The van der Waals surface area contributed by atoms with E-state index in [1.54, 1.807) is 35.9 Å². The summed E-state index contributed by atoms with van der Waals surface area (Å²) in [4.78, 5) is 0. The van der Waals surface area contributed by atoms with Crippen LogP contribution in [-0.2, 0) is 0 Å². The van der Waals surface area contributed by atoms with Gasteiger partial charge in [0.1, 0.15) is 21.5 Å².